The fraction of sp³-hybridized carbons (Fsp3) is 0.409. The summed E-state index contributed by atoms with van der Waals surface area (Å²) >= 11 is 0. The molecule has 0 aromatic carbocycles. The third-order valence-corrected chi connectivity index (χ3v) is 5.39. The molecule has 1 atom stereocenters. The maximum Gasteiger partial charge on any atom is 0.228 e. The summed E-state index contributed by atoms with van der Waals surface area (Å²) in [5.41, 5.74) is 2.07. The topological polar surface area (TPSA) is 66.4 Å². The smallest absolute Gasteiger partial charge is 0.228 e. The van der Waals surface area contributed by atoms with E-state index in [0.29, 0.717) is 19.3 Å². The second-order valence-corrected chi connectivity index (χ2v) is 7.32. The van der Waals surface area contributed by atoms with E-state index in [1.165, 1.54) is 5.57 Å². The third kappa shape index (κ3) is 4.46. The van der Waals surface area contributed by atoms with Crippen LogP contribution in [0.3, 0.4) is 0 Å². The second kappa shape index (κ2) is 9.15. The predicted octanol–water partition coefficient (Wildman–Crippen LogP) is 2.33. The lowest BCUT2D eigenvalue weighted by Gasteiger charge is -2.36. The molecule has 1 N–H and O–H groups in total. The van der Waals surface area contributed by atoms with Gasteiger partial charge in [-0.05, 0) is 18.1 Å². The molecule has 29 heavy (non-hydrogen) atoms. The molecule has 4 heterocycles. The van der Waals surface area contributed by atoms with Gasteiger partial charge in [0.25, 0.3) is 0 Å². The summed E-state index contributed by atoms with van der Waals surface area (Å²) in [5, 5.41) is 4.67. The molecule has 2 aromatic heterocycles. The van der Waals surface area contributed by atoms with Crippen molar-refractivity contribution < 1.29 is 4.74 Å². The second-order valence-electron chi connectivity index (χ2n) is 7.32. The van der Waals surface area contributed by atoms with Gasteiger partial charge in [-0.3, -0.25) is 4.98 Å². The molecule has 152 valence electrons. The summed E-state index contributed by atoms with van der Waals surface area (Å²) in [6, 6.07) is 2.34. The molecule has 0 bridgehead atoms. The number of hydrogen-bond donors (Lipinski definition) is 1. The van der Waals surface area contributed by atoms with Gasteiger partial charge in [0.05, 0.1) is 24.9 Å². The number of pyridine rings is 1. The number of nitrogens with zero attached hydrogens (tertiary/aromatic N) is 5. The van der Waals surface area contributed by atoms with Crippen molar-refractivity contribution in [2.24, 2.45) is 0 Å². The Kier molecular flexibility index (Phi) is 6.17. The Morgan fingerprint density at radius 1 is 1.21 bits per heavy atom. The van der Waals surface area contributed by atoms with E-state index in [0.717, 1.165) is 61.8 Å². The van der Waals surface area contributed by atoms with Gasteiger partial charge in [-0.1, -0.05) is 31.4 Å². The maximum absolute atomic E-state index is 5.49. The lowest BCUT2D eigenvalue weighted by molar-refractivity contribution is 0.122. The lowest BCUT2D eigenvalue weighted by atomic mass is 10.0. The zero-order chi connectivity index (χ0) is 20.1. The highest BCUT2D eigenvalue weighted by atomic mass is 16.5. The van der Waals surface area contributed by atoms with Crippen LogP contribution in [0.5, 0.6) is 0 Å². The first-order valence-electron chi connectivity index (χ1n) is 10.2. The minimum absolute atomic E-state index is 0.326. The van der Waals surface area contributed by atoms with Crippen molar-refractivity contribution in [2.75, 3.05) is 55.7 Å². The molecule has 7 heteroatoms. The van der Waals surface area contributed by atoms with Crippen molar-refractivity contribution in [1.29, 1.82) is 0 Å². The molecule has 2 aliphatic rings. The molecule has 0 saturated carbocycles. The summed E-state index contributed by atoms with van der Waals surface area (Å²) < 4.78 is 5.49. The number of morpholine rings is 1. The fourth-order valence-electron chi connectivity index (χ4n) is 3.91. The van der Waals surface area contributed by atoms with Crippen LogP contribution in [0.1, 0.15) is 6.42 Å². The Balaban J connectivity index is 1.64. The summed E-state index contributed by atoms with van der Waals surface area (Å²) in [6.07, 6.45) is 10.3. The van der Waals surface area contributed by atoms with Gasteiger partial charge in [0.2, 0.25) is 5.95 Å². The van der Waals surface area contributed by atoms with Gasteiger partial charge in [-0.25, -0.2) is 4.98 Å². The van der Waals surface area contributed by atoms with Crippen molar-refractivity contribution in [3.8, 4) is 0 Å². The molecule has 0 aliphatic carbocycles. The van der Waals surface area contributed by atoms with Gasteiger partial charge in [0.1, 0.15) is 5.82 Å². The summed E-state index contributed by atoms with van der Waals surface area (Å²) in [5.74, 6) is 1.75. The van der Waals surface area contributed by atoms with Crippen LogP contribution in [0, 0.1) is 0 Å². The number of nitrogens with one attached hydrogen (secondary N) is 1. The average molecular weight is 393 g/mol. The molecule has 2 aromatic rings. The molecule has 0 radical (unpaired) electrons. The highest BCUT2D eigenvalue weighted by Gasteiger charge is 2.24. The minimum atomic E-state index is 0.326. The third-order valence-electron chi connectivity index (χ3n) is 5.39. The van der Waals surface area contributed by atoms with Crippen LogP contribution in [-0.2, 0) is 4.74 Å². The van der Waals surface area contributed by atoms with E-state index in [1.807, 2.05) is 36.7 Å². The Labute approximate surface area is 171 Å². The molecule has 2 aliphatic heterocycles. The summed E-state index contributed by atoms with van der Waals surface area (Å²) in [4.78, 5) is 18.6. The summed E-state index contributed by atoms with van der Waals surface area (Å²) in [7, 11) is 0. The standard InChI is InChI=1S/C22H28N6O/c1-3-5-17(4-2)14-18-16-28(9-8-24-18)21-19-6-7-23-15-20(19)25-22(26-21)27-10-12-29-13-11-27/h3-7,15,18,24H,1-2,8-14,16H2/b17-5+. The molecule has 4 rings (SSSR count). The number of fused-ring (bicyclic) bond motifs is 1. The molecular weight excluding hydrogens is 364 g/mol. The van der Waals surface area contributed by atoms with E-state index in [1.54, 1.807) is 0 Å². The van der Waals surface area contributed by atoms with Gasteiger partial charge >= 0.3 is 0 Å². The van der Waals surface area contributed by atoms with Gasteiger partial charge in [0, 0.05) is 50.3 Å². The first-order valence-corrected chi connectivity index (χ1v) is 10.2. The van der Waals surface area contributed by atoms with Gasteiger partial charge < -0.3 is 19.9 Å². The zero-order valence-corrected chi connectivity index (χ0v) is 16.8. The number of hydrogen-bond acceptors (Lipinski definition) is 7. The molecule has 0 amide bonds. The molecule has 2 saturated heterocycles. The molecule has 0 spiro atoms. The Morgan fingerprint density at radius 2 is 2.07 bits per heavy atom. The van der Waals surface area contributed by atoms with Gasteiger partial charge in [-0.2, -0.15) is 4.98 Å². The van der Waals surface area contributed by atoms with E-state index < -0.39 is 0 Å². The average Bonchev–Trinajstić information content (AvgIpc) is 2.79. The zero-order valence-electron chi connectivity index (χ0n) is 16.8. The van der Waals surface area contributed by atoms with Gasteiger partial charge in [0.15, 0.2) is 0 Å². The van der Waals surface area contributed by atoms with Crippen molar-refractivity contribution >= 4 is 22.7 Å². The Hall–Kier alpha value is -2.77. The fourth-order valence-corrected chi connectivity index (χ4v) is 3.91. The largest absolute Gasteiger partial charge is 0.378 e. The Morgan fingerprint density at radius 3 is 2.86 bits per heavy atom. The lowest BCUT2D eigenvalue weighted by Crippen LogP contribution is -2.51. The first kappa shape index (κ1) is 19.5. The molecular formula is C22H28N6O. The van der Waals surface area contributed by atoms with Crippen LogP contribution in [0.25, 0.3) is 10.9 Å². The summed E-state index contributed by atoms with van der Waals surface area (Å²) in [6.45, 7) is 13.5. The van der Waals surface area contributed by atoms with Crippen LogP contribution < -0.4 is 15.1 Å². The molecule has 7 nitrogen and oxygen atoms in total. The predicted molar refractivity (Wildman–Crippen MR) is 117 cm³/mol. The maximum atomic E-state index is 5.49. The van der Waals surface area contributed by atoms with Crippen LogP contribution in [0.15, 0.2) is 55.4 Å². The van der Waals surface area contributed by atoms with Crippen LogP contribution in [-0.4, -0.2) is 66.9 Å². The van der Waals surface area contributed by atoms with Crippen molar-refractivity contribution in [2.45, 2.75) is 12.5 Å². The number of allylic oxidation sites excluding steroid dienone is 3. The highest BCUT2D eigenvalue weighted by molar-refractivity contribution is 5.90. The molecule has 2 fully saturated rings. The number of piperazine rings is 1. The monoisotopic (exact) mass is 392 g/mol. The van der Waals surface area contributed by atoms with E-state index >= 15 is 0 Å². The Bertz CT molecular complexity index is 905. The van der Waals surface area contributed by atoms with E-state index in [-0.39, 0.29) is 0 Å². The molecule has 1 unspecified atom stereocenters. The van der Waals surface area contributed by atoms with Crippen LogP contribution in [0.2, 0.25) is 0 Å². The highest BCUT2D eigenvalue weighted by Crippen LogP contribution is 2.27. The first-order chi connectivity index (χ1) is 14.3. The van der Waals surface area contributed by atoms with E-state index in [2.05, 4.69) is 33.3 Å². The quantitative estimate of drug-likeness (QED) is 0.757. The van der Waals surface area contributed by atoms with Crippen LogP contribution >= 0.6 is 0 Å². The van der Waals surface area contributed by atoms with Gasteiger partial charge in [-0.15, -0.1) is 0 Å². The van der Waals surface area contributed by atoms with Crippen molar-refractivity contribution in [1.82, 2.24) is 20.3 Å². The number of ether oxygens (including phenoxy) is 1. The minimum Gasteiger partial charge on any atom is -0.378 e. The SMILES string of the molecule is C=C/C=C(\C=C)CC1CN(c2nc(N3CCOCC3)nc3cnccc23)CCN1. The van der Waals surface area contributed by atoms with Crippen molar-refractivity contribution in [3.63, 3.8) is 0 Å². The van der Waals surface area contributed by atoms with E-state index in [4.69, 9.17) is 14.7 Å². The number of rotatable bonds is 6. The van der Waals surface area contributed by atoms with E-state index in [9.17, 15) is 0 Å². The van der Waals surface area contributed by atoms with Crippen molar-refractivity contribution in [3.05, 3.63) is 55.4 Å². The van der Waals surface area contributed by atoms with Crippen LogP contribution in [0.4, 0.5) is 11.8 Å². The number of anilines is 2. The number of aromatic nitrogens is 3. The normalized spacial score (nSPS) is 20.7.